The van der Waals surface area contributed by atoms with Gasteiger partial charge in [-0.15, -0.1) is 0 Å². The van der Waals surface area contributed by atoms with E-state index in [1.54, 1.807) is 0 Å². The molecule has 3 aliphatic carbocycles. The van der Waals surface area contributed by atoms with E-state index in [1.807, 2.05) is 0 Å². The first-order valence-corrected chi connectivity index (χ1v) is 7.65. The third-order valence-electron chi connectivity index (χ3n) is 6.48. The summed E-state index contributed by atoms with van der Waals surface area (Å²) in [5.74, 6) is 1.23. The maximum absolute atomic E-state index is 10.7. The molecule has 3 nitrogen and oxygen atoms in total. The zero-order chi connectivity index (χ0) is 12.5. The van der Waals surface area contributed by atoms with Crippen LogP contribution in [-0.4, -0.2) is 35.5 Å². The summed E-state index contributed by atoms with van der Waals surface area (Å²) in [6, 6.07) is 0.494. The van der Waals surface area contributed by atoms with Gasteiger partial charge in [0, 0.05) is 6.04 Å². The van der Waals surface area contributed by atoms with Gasteiger partial charge in [0.1, 0.15) is 11.7 Å². The van der Waals surface area contributed by atoms with Crippen LogP contribution in [-0.2, 0) is 4.74 Å². The molecule has 102 valence electrons. The Morgan fingerprint density at radius 3 is 2.72 bits per heavy atom. The normalized spacial score (nSPS) is 57.2. The fourth-order valence-electron chi connectivity index (χ4n) is 4.95. The average Bonchev–Trinajstić information content (AvgIpc) is 3.08. The first-order chi connectivity index (χ1) is 8.56. The molecule has 3 saturated carbocycles. The summed E-state index contributed by atoms with van der Waals surface area (Å²) in [7, 11) is 0. The third kappa shape index (κ3) is 1.31. The van der Waals surface area contributed by atoms with Crippen molar-refractivity contribution in [3.05, 3.63) is 0 Å². The minimum atomic E-state index is -0.230. The number of hydrogen-bond donors (Lipinski definition) is 2. The minimum absolute atomic E-state index is 0.169. The monoisotopic (exact) mass is 251 g/mol. The van der Waals surface area contributed by atoms with Crippen LogP contribution in [0.1, 0.15) is 46.0 Å². The van der Waals surface area contributed by atoms with Crippen LogP contribution in [0.2, 0.25) is 0 Å². The molecule has 6 atom stereocenters. The quantitative estimate of drug-likeness (QED) is 0.697. The molecule has 0 aromatic carbocycles. The molecule has 0 radical (unpaired) electrons. The lowest BCUT2D eigenvalue weighted by molar-refractivity contribution is -0.177. The molecule has 5 rings (SSSR count). The molecule has 3 heteroatoms. The number of hydrogen-bond acceptors (Lipinski definition) is 3. The summed E-state index contributed by atoms with van der Waals surface area (Å²) in [5.41, 5.74) is 0.166. The summed E-state index contributed by atoms with van der Waals surface area (Å²) in [5, 5.41) is 14.3. The smallest absolute Gasteiger partial charge is 0.123 e. The van der Waals surface area contributed by atoms with E-state index in [2.05, 4.69) is 19.2 Å². The predicted molar refractivity (Wildman–Crippen MR) is 69.2 cm³/mol. The van der Waals surface area contributed by atoms with Crippen LogP contribution in [0, 0.1) is 17.3 Å². The lowest BCUT2D eigenvalue weighted by atomic mass is 9.45. The van der Waals surface area contributed by atoms with Gasteiger partial charge in [0.15, 0.2) is 0 Å². The molecule has 2 heterocycles. The van der Waals surface area contributed by atoms with E-state index in [4.69, 9.17) is 4.74 Å². The number of nitrogens with one attached hydrogen (secondary N) is 1. The molecular formula is C15H25NO2. The fourth-order valence-corrected chi connectivity index (χ4v) is 4.95. The van der Waals surface area contributed by atoms with Crippen LogP contribution in [0.15, 0.2) is 0 Å². The number of ether oxygens (including phenoxy) is 1. The lowest BCUT2D eigenvalue weighted by Crippen LogP contribution is -2.63. The summed E-state index contributed by atoms with van der Waals surface area (Å²) < 4.78 is 6.08. The lowest BCUT2D eigenvalue weighted by Gasteiger charge is -2.60. The van der Waals surface area contributed by atoms with Crippen LogP contribution in [0.25, 0.3) is 0 Å². The average molecular weight is 251 g/mol. The highest BCUT2D eigenvalue weighted by molar-refractivity contribution is 5.23. The van der Waals surface area contributed by atoms with Crippen molar-refractivity contribution in [3.8, 4) is 0 Å². The van der Waals surface area contributed by atoms with Gasteiger partial charge in [-0.2, -0.15) is 0 Å². The second-order valence-corrected chi connectivity index (χ2v) is 7.56. The third-order valence-corrected chi connectivity index (χ3v) is 6.48. The number of epoxide rings is 1. The molecule has 18 heavy (non-hydrogen) atoms. The van der Waals surface area contributed by atoms with Gasteiger partial charge in [-0.1, -0.05) is 20.3 Å². The molecule has 2 saturated heterocycles. The van der Waals surface area contributed by atoms with E-state index in [-0.39, 0.29) is 17.8 Å². The van der Waals surface area contributed by atoms with Gasteiger partial charge in [0.05, 0.1) is 6.10 Å². The number of aliphatic hydroxyl groups excluding tert-OH is 1. The first-order valence-electron chi connectivity index (χ1n) is 7.65. The molecule has 5 aliphatic rings. The van der Waals surface area contributed by atoms with Gasteiger partial charge in [0.2, 0.25) is 0 Å². The molecule has 0 amide bonds. The van der Waals surface area contributed by atoms with Crippen molar-refractivity contribution in [1.29, 1.82) is 0 Å². The SMILES string of the molecule is CC1(C)[C@@H]2C[C@H]1[C@H](O)[C@@]1(C2)O[C@@H]1[C@@H]1CCCCN1. The highest BCUT2D eigenvalue weighted by atomic mass is 16.6. The van der Waals surface area contributed by atoms with Crippen molar-refractivity contribution in [3.63, 3.8) is 0 Å². The van der Waals surface area contributed by atoms with Gasteiger partial charge in [-0.05, 0) is 49.5 Å². The first kappa shape index (κ1) is 11.7. The van der Waals surface area contributed by atoms with E-state index in [1.165, 1.54) is 25.7 Å². The highest BCUT2D eigenvalue weighted by Gasteiger charge is 2.74. The summed E-state index contributed by atoms with van der Waals surface area (Å²) in [4.78, 5) is 0. The van der Waals surface area contributed by atoms with E-state index in [9.17, 15) is 5.11 Å². The Labute approximate surface area is 109 Å². The number of rotatable bonds is 1. The zero-order valence-corrected chi connectivity index (χ0v) is 11.5. The van der Waals surface area contributed by atoms with Crippen LogP contribution in [0.3, 0.4) is 0 Å². The van der Waals surface area contributed by atoms with Gasteiger partial charge >= 0.3 is 0 Å². The van der Waals surface area contributed by atoms with Crippen molar-refractivity contribution in [1.82, 2.24) is 5.32 Å². The van der Waals surface area contributed by atoms with E-state index in [0.29, 0.717) is 17.4 Å². The Kier molecular flexibility index (Phi) is 2.27. The van der Waals surface area contributed by atoms with E-state index < -0.39 is 0 Å². The van der Waals surface area contributed by atoms with Gasteiger partial charge in [0.25, 0.3) is 0 Å². The van der Waals surface area contributed by atoms with Crippen molar-refractivity contribution in [2.45, 2.75) is 69.8 Å². The highest BCUT2D eigenvalue weighted by Crippen LogP contribution is 2.67. The Bertz CT molecular complexity index is 364. The maximum atomic E-state index is 10.7. The van der Waals surface area contributed by atoms with Crippen LogP contribution < -0.4 is 5.32 Å². The summed E-state index contributed by atoms with van der Waals surface area (Å²) in [6.45, 7) is 5.76. The maximum Gasteiger partial charge on any atom is 0.123 e. The molecule has 1 spiro atoms. The molecule has 5 fully saturated rings. The van der Waals surface area contributed by atoms with E-state index >= 15 is 0 Å². The van der Waals surface area contributed by atoms with Crippen molar-refractivity contribution < 1.29 is 9.84 Å². The summed E-state index contributed by atoms with van der Waals surface area (Å²) >= 11 is 0. The Morgan fingerprint density at radius 2 is 2.11 bits per heavy atom. The molecular weight excluding hydrogens is 226 g/mol. The standard InChI is InChI=1S/C15H25NO2/c1-14(2)9-7-10(14)12(17)15(8-9)13(18-15)11-5-3-4-6-16-11/h9-13,16-17H,3-8H2,1-2H3/t9-,10+,11+,12+,13-,15-/m1/s1. The van der Waals surface area contributed by atoms with Gasteiger partial charge in [-0.25, -0.2) is 0 Å². The number of aliphatic hydroxyl groups is 1. The van der Waals surface area contributed by atoms with Gasteiger partial charge in [-0.3, -0.25) is 0 Å². The molecule has 2 bridgehead atoms. The van der Waals surface area contributed by atoms with Crippen LogP contribution >= 0.6 is 0 Å². The molecule has 0 unspecified atom stereocenters. The van der Waals surface area contributed by atoms with Crippen LogP contribution in [0.4, 0.5) is 0 Å². The van der Waals surface area contributed by atoms with Gasteiger partial charge < -0.3 is 15.2 Å². The second-order valence-electron chi connectivity index (χ2n) is 7.56. The Morgan fingerprint density at radius 1 is 1.28 bits per heavy atom. The second kappa shape index (κ2) is 3.50. The van der Waals surface area contributed by atoms with Crippen LogP contribution in [0.5, 0.6) is 0 Å². The predicted octanol–water partition coefficient (Wildman–Crippen LogP) is 1.69. The molecule has 0 aromatic heterocycles. The fraction of sp³-hybridized carbons (Fsp3) is 1.00. The molecule has 2 N–H and O–H groups in total. The zero-order valence-electron chi connectivity index (χ0n) is 11.5. The van der Waals surface area contributed by atoms with Crippen molar-refractivity contribution in [2.24, 2.45) is 17.3 Å². The largest absolute Gasteiger partial charge is 0.390 e. The molecule has 2 aliphatic heterocycles. The minimum Gasteiger partial charge on any atom is -0.390 e. The van der Waals surface area contributed by atoms with E-state index in [0.717, 1.165) is 18.9 Å². The Hall–Kier alpha value is -0.120. The van der Waals surface area contributed by atoms with Crippen molar-refractivity contribution in [2.75, 3.05) is 6.54 Å². The Balaban J connectivity index is 1.51. The topological polar surface area (TPSA) is 44.8 Å². The number of piperidine rings is 1. The molecule has 0 aromatic rings. The van der Waals surface area contributed by atoms with Crippen molar-refractivity contribution >= 4 is 0 Å². The summed E-state index contributed by atoms with van der Waals surface area (Å²) in [6.07, 6.45) is 6.17.